The van der Waals surface area contributed by atoms with Crippen molar-refractivity contribution in [2.75, 3.05) is 25.1 Å². The minimum absolute atomic E-state index is 0.0672. The van der Waals surface area contributed by atoms with Gasteiger partial charge in [-0.2, -0.15) is 0 Å². The molecule has 192 valence electrons. The molecule has 0 radical (unpaired) electrons. The maximum Gasteiger partial charge on any atom is 0.343 e. The molecule has 0 fully saturated rings. The molecule has 0 spiro atoms. The number of aromatic carboxylic acids is 1. The lowest BCUT2D eigenvalue weighted by Crippen LogP contribution is -2.44. The summed E-state index contributed by atoms with van der Waals surface area (Å²) in [6.07, 6.45) is 2.25. The first-order valence-electron chi connectivity index (χ1n) is 12.3. The summed E-state index contributed by atoms with van der Waals surface area (Å²) >= 11 is 0. The second-order valence-corrected chi connectivity index (χ2v) is 9.22. The van der Waals surface area contributed by atoms with Crippen LogP contribution in [0.3, 0.4) is 0 Å². The first-order chi connectivity index (χ1) is 17.3. The number of ether oxygens (including phenoxy) is 1. The Morgan fingerprint density at radius 1 is 1.06 bits per heavy atom. The number of benzene rings is 2. The number of para-hydroxylation sites is 1. The Morgan fingerprint density at radius 2 is 1.75 bits per heavy atom. The van der Waals surface area contributed by atoms with Crippen molar-refractivity contribution in [3.8, 4) is 5.88 Å². The maximum absolute atomic E-state index is 13.5. The Labute approximate surface area is 211 Å². The summed E-state index contributed by atoms with van der Waals surface area (Å²) in [6, 6.07) is 16.2. The smallest absolute Gasteiger partial charge is 0.343 e. The third-order valence-electron chi connectivity index (χ3n) is 6.03. The maximum atomic E-state index is 13.5. The topological polar surface area (TPSA) is 112 Å². The van der Waals surface area contributed by atoms with Gasteiger partial charge in [0.25, 0.3) is 0 Å². The molecule has 3 rings (SSSR count). The predicted octanol–water partition coefficient (Wildman–Crippen LogP) is 4.89. The van der Waals surface area contributed by atoms with Gasteiger partial charge in [-0.05, 0) is 30.4 Å². The second kappa shape index (κ2) is 12.9. The van der Waals surface area contributed by atoms with E-state index in [4.69, 9.17) is 4.74 Å². The number of carbonyl (C=O) groups excluding carboxylic acids is 1. The minimum atomic E-state index is -1.24. The normalized spacial score (nSPS) is 11.9. The molecule has 8 heteroatoms. The van der Waals surface area contributed by atoms with Gasteiger partial charge in [0.1, 0.15) is 5.56 Å². The van der Waals surface area contributed by atoms with E-state index >= 15 is 0 Å². The lowest BCUT2D eigenvalue weighted by molar-refractivity contribution is 0.0693. The van der Waals surface area contributed by atoms with Crippen LogP contribution in [0.15, 0.2) is 54.6 Å². The molecule has 3 aromatic rings. The number of pyridine rings is 1. The number of carboxylic acids is 1. The quantitative estimate of drug-likeness (QED) is 0.331. The molecular formula is C28H35N3O5. The van der Waals surface area contributed by atoms with E-state index < -0.39 is 18.1 Å². The number of hydrogen-bond donors (Lipinski definition) is 3. The van der Waals surface area contributed by atoms with E-state index in [1.807, 2.05) is 30.3 Å². The van der Waals surface area contributed by atoms with E-state index in [1.165, 1.54) is 12.0 Å². The number of carboxylic acid groups (broad SMARTS) is 1. The van der Waals surface area contributed by atoms with E-state index in [9.17, 15) is 19.8 Å². The Hall–Kier alpha value is -3.65. The summed E-state index contributed by atoms with van der Waals surface area (Å²) in [6.45, 7) is 4.55. The molecule has 0 aliphatic rings. The van der Waals surface area contributed by atoms with Crippen LogP contribution in [-0.4, -0.2) is 53.5 Å². The number of rotatable bonds is 12. The molecule has 0 saturated heterocycles. The Morgan fingerprint density at radius 3 is 2.42 bits per heavy atom. The lowest BCUT2D eigenvalue weighted by Gasteiger charge is -2.27. The van der Waals surface area contributed by atoms with Crippen LogP contribution in [0, 0.1) is 5.92 Å². The van der Waals surface area contributed by atoms with Crippen LogP contribution in [0.2, 0.25) is 0 Å². The van der Waals surface area contributed by atoms with E-state index in [0.717, 1.165) is 18.4 Å². The van der Waals surface area contributed by atoms with Gasteiger partial charge in [0.05, 0.1) is 24.4 Å². The fraction of sp³-hybridized carbons (Fsp3) is 0.393. The predicted molar refractivity (Wildman–Crippen MR) is 141 cm³/mol. The molecule has 36 heavy (non-hydrogen) atoms. The zero-order valence-corrected chi connectivity index (χ0v) is 21.1. The summed E-state index contributed by atoms with van der Waals surface area (Å²) in [7, 11) is 1.36. The Balaban J connectivity index is 1.97. The third-order valence-corrected chi connectivity index (χ3v) is 6.03. The standard InChI is InChI=1S/C28H35N3O5/c1-19(2)10-9-13-21(32)18-29-28(35)31(17-16-20-11-5-4-6-12-20)25-22-14-7-8-15-23(22)30-26(36-3)24(25)27(33)34/h4-8,11-12,14-15,19,21,32H,9-10,13,16-18H2,1-3H3,(H,29,35)(H,33,34). The number of fused-ring (bicyclic) bond motifs is 1. The molecule has 8 nitrogen and oxygen atoms in total. The van der Waals surface area contributed by atoms with E-state index in [-0.39, 0.29) is 30.2 Å². The number of aromatic nitrogens is 1. The van der Waals surface area contributed by atoms with Gasteiger partial charge in [-0.25, -0.2) is 14.6 Å². The number of carbonyl (C=O) groups is 2. The van der Waals surface area contributed by atoms with Crippen molar-refractivity contribution >= 4 is 28.6 Å². The first-order valence-corrected chi connectivity index (χ1v) is 12.3. The van der Waals surface area contributed by atoms with Gasteiger partial charge in [0, 0.05) is 18.5 Å². The van der Waals surface area contributed by atoms with Crippen molar-refractivity contribution in [2.24, 2.45) is 5.92 Å². The molecule has 2 aromatic carbocycles. The zero-order chi connectivity index (χ0) is 26.1. The van der Waals surface area contributed by atoms with Gasteiger partial charge in [-0.1, -0.05) is 75.2 Å². The number of urea groups is 1. The van der Waals surface area contributed by atoms with Crippen LogP contribution in [-0.2, 0) is 6.42 Å². The van der Waals surface area contributed by atoms with Crippen LogP contribution in [0.25, 0.3) is 10.9 Å². The number of aliphatic hydroxyl groups is 1. The molecule has 2 amide bonds. The van der Waals surface area contributed by atoms with Crippen molar-refractivity contribution in [3.63, 3.8) is 0 Å². The number of aliphatic hydroxyl groups excluding tert-OH is 1. The number of anilines is 1. The van der Waals surface area contributed by atoms with Gasteiger partial charge in [0.2, 0.25) is 5.88 Å². The lowest BCUT2D eigenvalue weighted by atomic mass is 10.0. The molecule has 1 atom stereocenters. The van der Waals surface area contributed by atoms with Gasteiger partial charge in [-0.15, -0.1) is 0 Å². The molecule has 0 saturated carbocycles. The number of nitrogens with one attached hydrogen (secondary N) is 1. The zero-order valence-electron chi connectivity index (χ0n) is 21.1. The first kappa shape index (κ1) is 26.9. The molecule has 3 N–H and O–H groups in total. The molecular weight excluding hydrogens is 458 g/mol. The highest BCUT2D eigenvalue weighted by Crippen LogP contribution is 2.36. The highest BCUT2D eigenvalue weighted by molar-refractivity contribution is 6.11. The van der Waals surface area contributed by atoms with Gasteiger partial charge >= 0.3 is 12.0 Å². The second-order valence-electron chi connectivity index (χ2n) is 9.22. The molecule has 1 unspecified atom stereocenters. The van der Waals surface area contributed by atoms with Crippen molar-refractivity contribution in [2.45, 2.75) is 45.6 Å². The van der Waals surface area contributed by atoms with E-state index in [2.05, 4.69) is 24.1 Å². The average molecular weight is 494 g/mol. The molecule has 0 bridgehead atoms. The molecule has 1 heterocycles. The van der Waals surface area contributed by atoms with Crippen molar-refractivity contribution < 1.29 is 24.5 Å². The number of amides is 2. The Kier molecular flexibility index (Phi) is 9.64. The van der Waals surface area contributed by atoms with E-state index in [0.29, 0.717) is 29.7 Å². The van der Waals surface area contributed by atoms with Crippen molar-refractivity contribution in [1.82, 2.24) is 10.3 Å². The van der Waals surface area contributed by atoms with Crippen LogP contribution in [0.1, 0.15) is 49.0 Å². The summed E-state index contributed by atoms with van der Waals surface area (Å²) in [5, 5.41) is 23.8. The van der Waals surface area contributed by atoms with Crippen LogP contribution < -0.4 is 15.0 Å². The van der Waals surface area contributed by atoms with E-state index in [1.54, 1.807) is 24.3 Å². The summed E-state index contributed by atoms with van der Waals surface area (Å²) in [5.41, 5.74) is 1.55. The van der Waals surface area contributed by atoms with Gasteiger partial charge in [-0.3, -0.25) is 4.90 Å². The summed E-state index contributed by atoms with van der Waals surface area (Å²) in [5.74, 6) is -0.765. The fourth-order valence-corrected chi connectivity index (χ4v) is 4.16. The molecule has 1 aromatic heterocycles. The average Bonchev–Trinajstić information content (AvgIpc) is 2.87. The number of nitrogens with zero attached hydrogens (tertiary/aromatic N) is 2. The van der Waals surface area contributed by atoms with Gasteiger partial charge in [0.15, 0.2) is 0 Å². The third kappa shape index (κ3) is 6.95. The monoisotopic (exact) mass is 493 g/mol. The van der Waals surface area contributed by atoms with Crippen LogP contribution in [0.4, 0.5) is 10.5 Å². The largest absolute Gasteiger partial charge is 0.480 e. The summed E-state index contributed by atoms with van der Waals surface area (Å²) in [4.78, 5) is 31.7. The fourth-order valence-electron chi connectivity index (χ4n) is 4.16. The Bertz CT molecular complexity index is 1170. The van der Waals surface area contributed by atoms with Gasteiger partial charge < -0.3 is 20.3 Å². The SMILES string of the molecule is COc1nc2ccccc2c(N(CCc2ccccc2)C(=O)NCC(O)CCCC(C)C)c1C(=O)O. The molecule has 0 aliphatic heterocycles. The van der Waals surface area contributed by atoms with Crippen molar-refractivity contribution in [1.29, 1.82) is 0 Å². The molecule has 0 aliphatic carbocycles. The minimum Gasteiger partial charge on any atom is -0.480 e. The van der Waals surface area contributed by atoms with Crippen molar-refractivity contribution in [3.05, 3.63) is 65.7 Å². The summed E-state index contributed by atoms with van der Waals surface area (Å²) < 4.78 is 5.32. The highest BCUT2D eigenvalue weighted by Gasteiger charge is 2.29. The number of hydrogen-bond acceptors (Lipinski definition) is 5. The van der Waals surface area contributed by atoms with Crippen LogP contribution >= 0.6 is 0 Å². The van der Waals surface area contributed by atoms with Crippen LogP contribution in [0.5, 0.6) is 5.88 Å². The number of methoxy groups -OCH3 is 1. The highest BCUT2D eigenvalue weighted by atomic mass is 16.5.